The minimum absolute atomic E-state index is 0.0863. The summed E-state index contributed by atoms with van der Waals surface area (Å²) in [7, 11) is 0. The van der Waals surface area contributed by atoms with Gasteiger partial charge in [0.2, 0.25) is 5.85 Å². The van der Waals surface area contributed by atoms with Crippen molar-refractivity contribution in [1.29, 1.82) is 0 Å². The van der Waals surface area contributed by atoms with Crippen molar-refractivity contribution in [2.24, 2.45) is 0 Å². The molecule has 1 nitrogen and oxygen atoms in total. The van der Waals surface area contributed by atoms with Crippen LogP contribution in [0.15, 0.2) is 43.0 Å². The molecule has 0 amide bonds. The lowest BCUT2D eigenvalue weighted by atomic mass is 10.0. The van der Waals surface area contributed by atoms with Crippen LogP contribution in [-0.2, 0) is 5.85 Å². The third-order valence-corrected chi connectivity index (χ3v) is 1.63. The van der Waals surface area contributed by atoms with Gasteiger partial charge in [0.05, 0.1) is 0 Å². The van der Waals surface area contributed by atoms with Gasteiger partial charge in [0, 0.05) is 12.0 Å². The highest BCUT2D eigenvalue weighted by Crippen LogP contribution is 2.26. The molecule has 1 atom stereocenters. The molecule has 0 aliphatic carbocycles. The maximum atomic E-state index is 13.3. The molecule has 64 valence electrons. The summed E-state index contributed by atoms with van der Waals surface area (Å²) in [5, 5.41) is 9.25. The van der Waals surface area contributed by atoms with Crippen LogP contribution in [0.1, 0.15) is 12.0 Å². The summed E-state index contributed by atoms with van der Waals surface area (Å²) in [5.74, 6) is -2.27. The zero-order chi connectivity index (χ0) is 9.03. The second-order valence-electron chi connectivity index (χ2n) is 2.62. The van der Waals surface area contributed by atoms with Crippen LogP contribution >= 0.6 is 0 Å². The van der Waals surface area contributed by atoms with Crippen molar-refractivity contribution >= 4 is 0 Å². The van der Waals surface area contributed by atoms with Gasteiger partial charge >= 0.3 is 0 Å². The van der Waals surface area contributed by atoms with Crippen LogP contribution in [0, 0.1) is 0 Å². The van der Waals surface area contributed by atoms with Gasteiger partial charge in [-0.15, -0.1) is 6.58 Å². The molecule has 12 heavy (non-hydrogen) atoms. The van der Waals surface area contributed by atoms with E-state index in [0.717, 1.165) is 0 Å². The first-order chi connectivity index (χ1) is 5.67. The van der Waals surface area contributed by atoms with Gasteiger partial charge in [0.25, 0.3) is 0 Å². The molecule has 1 rings (SSSR count). The molecule has 0 saturated heterocycles. The molecule has 1 unspecified atom stereocenters. The Morgan fingerprint density at radius 1 is 1.42 bits per heavy atom. The number of aliphatic hydroxyl groups is 1. The first kappa shape index (κ1) is 8.94. The lowest BCUT2D eigenvalue weighted by Gasteiger charge is -2.16. The van der Waals surface area contributed by atoms with Crippen LogP contribution in [0.25, 0.3) is 0 Å². The molecule has 0 aliphatic heterocycles. The highest BCUT2D eigenvalue weighted by Gasteiger charge is 2.25. The minimum Gasteiger partial charge on any atom is -0.358 e. The van der Waals surface area contributed by atoms with Crippen LogP contribution in [0.4, 0.5) is 4.39 Å². The topological polar surface area (TPSA) is 20.2 Å². The molecule has 0 heterocycles. The molecule has 1 aromatic rings. The van der Waals surface area contributed by atoms with E-state index in [-0.39, 0.29) is 12.0 Å². The quantitative estimate of drug-likeness (QED) is 0.683. The third kappa shape index (κ3) is 1.92. The fourth-order valence-corrected chi connectivity index (χ4v) is 1.00. The number of hydrogen-bond acceptors (Lipinski definition) is 1. The molecule has 0 spiro atoms. The van der Waals surface area contributed by atoms with E-state index in [9.17, 15) is 9.50 Å². The summed E-state index contributed by atoms with van der Waals surface area (Å²) in [4.78, 5) is 0. The second-order valence-corrected chi connectivity index (χ2v) is 2.62. The number of rotatable bonds is 3. The van der Waals surface area contributed by atoms with Gasteiger partial charge in [-0.3, -0.25) is 0 Å². The van der Waals surface area contributed by atoms with E-state index in [1.807, 2.05) is 0 Å². The summed E-state index contributed by atoms with van der Waals surface area (Å²) >= 11 is 0. The lowest BCUT2D eigenvalue weighted by molar-refractivity contribution is -0.0920. The van der Waals surface area contributed by atoms with E-state index >= 15 is 0 Å². The van der Waals surface area contributed by atoms with Crippen LogP contribution in [0.3, 0.4) is 0 Å². The van der Waals surface area contributed by atoms with Crippen LogP contribution < -0.4 is 0 Å². The zero-order valence-corrected chi connectivity index (χ0v) is 6.70. The zero-order valence-electron chi connectivity index (χ0n) is 6.70. The highest BCUT2D eigenvalue weighted by molar-refractivity contribution is 5.20. The van der Waals surface area contributed by atoms with Crippen molar-refractivity contribution in [3.63, 3.8) is 0 Å². The van der Waals surface area contributed by atoms with E-state index < -0.39 is 5.85 Å². The second kappa shape index (κ2) is 3.50. The van der Waals surface area contributed by atoms with Crippen molar-refractivity contribution in [3.8, 4) is 0 Å². The average molecular weight is 166 g/mol. The van der Waals surface area contributed by atoms with Crippen LogP contribution in [0.2, 0.25) is 0 Å². The van der Waals surface area contributed by atoms with E-state index in [2.05, 4.69) is 6.58 Å². The first-order valence-corrected chi connectivity index (χ1v) is 3.74. The molecule has 0 bridgehead atoms. The maximum Gasteiger partial charge on any atom is 0.236 e. The molecule has 0 radical (unpaired) electrons. The fourth-order valence-electron chi connectivity index (χ4n) is 1.00. The summed E-state index contributed by atoms with van der Waals surface area (Å²) in [6, 6.07) is 8.23. The molecule has 1 N–H and O–H groups in total. The summed E-state index contributed by atoms with van der Waals surface area (Å²) in [6.07, 6.45) is 1.27. The van der Waals surface area contributed by atoms with Crippen molar-refractivity contribution in [2.75, 3.05) is 0 Å². The molecular formula is C10H11FO. The van der Waals surface area contributed by atoms with Crippen molar-refractivity contribution in [2.45, 2.75) is 12.3 Å². The summed E-state index contributed by atoms with van der Waals surface area (Å²) in [5.41, 5.74) is 0.268. The molecule has 0 fully saturated rings. The normalized spacial score (nSPS) is 15.2. The Hall–Kier alpha value is -1.15. The average Bonchev–Trinajstić information content (AvgIpc) is 2.06. The Morgan fingerprint density at radius 2 is 2.00 bits per heavy atom. The van der Waals surface area contributed by atoms with Crippen molar-refractivity contribution < 1.29 is 9.50 Å². The van der Waals surface area contributed by atoms with Gasteiger partial charge in [-0.05, 0) is 0 Å². The number of halogens is 1. The highest BCUT2D eigenvalue weighted by atomic mass is 19.2. The Morgan fingerprint density at radius 3 is 2.50 bits per heavy atom. The van der Waals surface area contributed by atoms with Gasteiger partial charge in [-0.2, -0.15) is 0 Å². The van der Waals surface area contributed by atoms with Crippen molar-refractivity contribution in [1.82, 2.24) is 0 Å². The smallest absolute Gasteiger partial charge is 0.236 e. The van der Waals surface area contributed by atoms with E-state index in [4.69, 9.17) is 0 Å². The number of alkyl halides is 1. The van der Waals surface area contributed by atoms with Gasteiger partial charge in [0.15, 0.2) is 0 Å². The maximum absolute atomic E-state index is 13.3. The predicted molar refractivity (Wildman–Crippen MR) is 46.3 cm³/mol. The molecule has 1 aromatic carbocycles. The molecule has 0 aromatic heterocycles. The monoisotopic (exact) mass is 166 g/mol. The van der Waals surface area contributed by atoms with Gasteiger partial charge < -0.3 is 5.11 Å². The summed E-state index contributed by atoms with van der Waals surface area (Å²) in [6.45, 7) is 3.37. The third-order valence-electron chi connectivity index (χ3n) is 1.63. The van der Waals surface area contributed by atoms with Gasteiger partial charge in [-0.1, -0.05) is 36.4 Å². The SMILES string of the molecule is C=CCC(O)(F)c1ccccc1. The number of hydrogen-bond donors (Lipinski definition) is 1. The Bertz CT molecular complexity index is 254. The van der Waals surface area contributed by atoms with E-state index in [0.29, 0.717) is 0 Å². The largest absolute Gasteiger partial charge is 0.358 e. The van der Waals surface area contributed by atoms with Gasteiger partial charge in [0.1, 0.15) is 0 Å². The molecule has 0 saturated carbocycles. The first-order valence-electron chi connectivity index (χ1n) is 3.74. The molecule has 2 heteroatoms. The summed E-state index contributed by atoms with van der Waals surface area (Å²) < 4.78 is 13.3. The Balaban J connectivity index is 2.89. The fraction of sp³-hybridized carbons (Fsp3) is 0.200. The predicted octanol–water partition coefficient (Wildman–Crippen LogP) is 2.38. The standard InChI is InChI=1S/C10H11FO/c1-2-8-10(11,12)9-6-4-3-5-7-9/h2-7,12H,1,8H2. The Kier molecular flexibility index (Phi) is 2.61. The lowest BCUT2D eigenvalue weighted by Crippen LogP contribution is -2.17. The Labute approximate surface area is 71.2 Å². The van der Waals surface area contributed by atoms with E-state index in [1.165, 1.54) is 6.08 Å². The molecular weight excluding hydrogens is 155 g/mol. The van der Waals surface area contributed by atoms with Gasteiger partial charge in [-0.25, -0.2) is 4.39 Å². The number of benzene rings is 1. The van der Waals surface area contributed by atoms with Crippen LogP contribution in [0.5, 0.6) is 0 Å². The van der Waals surface area contributed by atoms with E-state index in [1.54, 1.807) is 30.3 Å². The van der Waals surface area contributed by atoms with Crippen LogP contribution in [-0.4, -0.2) is 5.11 Å². The van der Waals surface area contributed by atoms with Crippen molar-refractivity contribution in [3.05, 3.63) is 48.6 Å². The minimum atomic E-state index is -2.27. The molecule has 0 aliphatic rings.